The maximum Gasteiger partial charge on any atom is 0.306 e. The molecule has 2 bridgehead atoms. The maximum atomic E-state index is 15.1. The summed E-state index contributed by atoms with van der Waals surface area (Å²) >= 11 is 0. The number of esters is 1. The first kappa shape index (κ1) is 50.3. The minimum Gasteiger partial charge on any atom is -0.492 e. The van der Waals surface area contributed by atoms with E-state index in [9.17, 15) is 31.2 Å². The number of amides is 2. The summed E-state index contributed by atoms with van der Waals surface area (Å²) in [6, 6.07) is 5.15. The van der Waals surface area contributed by atoms with Crippen LogP contribution in [-0.4, -0.2) is 122 Å². The molecule has 7 atom stereocenters. The molecule has 0 radical (unpaired) electrons. The summed E-state index contributed by atoms with van der Waals surface area (Å²) in [6.45, 7) is 17.5. The molecule has 2 saturated heterocycles. The summed E-state index contributed by atoms with van der Waals surface area (Å²) in [4.78, 5) is 66.4. The van der Waals surface area contributed by atoms with Crippen molar-refractivity contribution < 1.29 is 50.2 Å². The largest absolute Gasteiger partial charge is 0.492 e. The topological polar surface area (TPSA) is 196 Å². The van der Waals surface area contributed by atoms with Crippen molar-refractivity contribution in [1.82, 2.24) is 19.5 Å². The van der Waals surface area contributed by atoms with Gasteiger partial charge in [-0.15, -0.1) is 6.58 Å². The van der Waals surface area contributed by atoms with E-state index >= 15 is 4.79 Å². The van der Waals surface area contributed by atoms with Crippen molar-refractivity contribution in [1.29, 1.82) is 0 Å². The Morgan fingerprint density at radius 2 is 1.81 bits per heavy atom. The minimum atomic E-state index is -3.99. The van der Waals surface area contributed by atoms with Crippen molar-refractivity contribution in [3.8, 4) is 11.6 Å². The molecule has 2 aromatic rings. The number of pyridine rings is 1. The van der Waals surface area contributed by atoms with Gasteiger partial charge >= 0.3 is 5.97 Å². The predicted molar refractivity (Wildman–Crippen MR) is 258 cm³/mol. The molecule has 6 aliphatic rings. The highest BCUT2D eigenvalue weighted by Gasteiger charge is 2.62. The number of nitrogens with one attached hydrogen (secondary N) is 1. The molecule has 1 N–H and O–H groups in total. The molecule has 1 aromatic carbocycles. The molecule has 5 fully saturated rings. The van der Waals surface area contributed by atoms with Gasteiger partial charge in [-0.1, -0.05) is 59.6 Å². The summed E-state index contributed by atoms with van der Waals surface area (Å²) in [5.74, 6) is -1.45. The van der Waals surface area contributed by atoms with Gasteiger partial charge in [-0.2, -0.15) is 0 Å². The lowest BCUT2D eigenvalue weighted by Gasteiger charge is -2.34. The zero-order valence-electron chi connectivity index (χ0n) is 40.8. The van der Waals surface area contributed by atoms with Crippen LogP contribution in [0.3, 0.4) is 0 Å². The number of allylic oxidation sites excluding steroid dienone is 1. The summed E-state index contributed by atoms with van der Waals surface area (Å²) in [5.41, 5.74) is 0.519. The van der Waals surface area contributed by atoms with Gasteiger partial charge in [0.1, 0.15) is 18.0 Å². The van der Waals surface area contributed by atoms with Gasteiger partial charge in [-0.3, -0.25) is 23.9 Å². The predicted octanol–water partition coefficient (Wildman–Crippen LogP) is 6.46. The Bertz CT molecular complexity index is 2520. The second-order valence-corrected chi connectivity index (χ2v) is 26.8. The minimum absolute atomic E-state index is 0.00528. The van der Waals surface area contributed by atoms with Crippen LogP contribution in [0.1, 0.15) is 136 Å². The SMILES string of the molecule is C=C[C@@H]1C[C@]1(CC(=O)[C@@H]1C[C@@H]2CN1C(=O)[C@H](C(C)(C)C)CC(=O)O[C@@H]1C[C@H]1CCCCCc1c(nc3cc(C(C)C)ccc3c1OCCCN1CCS(=O)(=O)CC1)O2)C(=O)NS(=O)(=O)C1(C)CC1. The van der Waals surface area contributed by atoms with Crippen molar-refractivity contribution in [2.75, 3.05) is 44.3 Å². The molecule has 3 saturated carbocycles. The Hall–Kier alpha value is -4.09. The van der Waals surface area contributed by atoms with Crippen LogP contribution in [0.25, 0.3) is 10.9 Å². The van der Waals surface area contributed by atoms with E-state index in [0.717, 1.165) is 48.6 Å². The number of hydrogen-bond donors (Lipinski definition) is 1. The van der Waals surface area contributed by atoms with Crippen molar-refractivity contribution in [2.45, 2.75) is 154 Å². The number of ether oxygens (including phenoxy) is 3. The van der Waals surface area contributed by atoms with Crippen LogP contribution in [0.15, 0.2) is 30.9 Å². The van der Waals surface area contributed by atoms with Crippen LogP contribution in [0.4, 0.5) is 0 Å². The first-order valence-electron chi connectivity index (χ1n) is 24.9. The van der Waals surface area contributed by atoms with Gasteiger partial charge in [0.15, 0.2) is 15.6 Å². The van der Waals surface area contributed by atoms with Gasteiger partial charge in [-0.25, -0.2) is 21.8 Å². The number of carbonyl (C=O) groups is 4. The third kappa shape index (κ3) is 10.9. The Labute approximate surface area is 402 Å². The van der Waals surface area contributed by atoms with E-state index in [1.54, 1.807) is 13.0 Å². The Kier molecular flexibility index (Phi) is 14.2. The molecule has 4 heterocycles. The van der Waals surface area contributed by atoms with Crippen LogP contribution < -0.4 is 14.2 Å². The first-order chi connectivity index (χ1) is 32.0. The molecule has 2 amide bonds. The standard InChI is InChI=1S/C51H72N4O11S2/c1-8-35-29-51(35,48(59)53-68(62,63)50(7)17-18-50)30-42(56)41-27-36-31-55(41)47(58)39(49(4,5)6)28-44(57)66-43-26-34(43)13-10-9-11-14-38-45(64-22-12-19-54-20-23-67(60,61)24-21-54)37-16-15-33(32(2)3)25-40(37)52-46(38)65-36/h8,15-16,25,32,34-36,39,41,43H,1,9-14,17-24,26-31H2,2-7H3,(H,53,59)/t34-,35-,36-,39-,41+,43-,51-/m1/s1. The second-order valence-electron chi connectivity index (χ2n) is 22.3. The third-order valence-electron chi connectivity index (χ3n) is 15.7. The highest BCUT2D eigenvalue weighted by molar-refractivity contribution is 7.91. The number of benzene rings is 1. The van der Waals surface area contributed by atoms with Gasteiger partial charge in [0.25, 0.3) is 0 Å². The molecule has 3 aliphatic carbocycles. The second kappa shape index (κ2) is 19.3. The first-order valence-corrected chi connectivity index (χ1v) is 28.2. The Balaban J connectivity index is 1.13. The van der Waals surface area contributed by atoms with E-state index in [1.165, 1.54) is 4.90 Å². The zero-order valence-corrected chi connectivity index (χ0v) is 42.5. The molecular weight excluding hydrogens is 909 g/mol. The number of sulfone groups is 1. The monoisotopic (exact) mass is 980 g/mol. The third-order valence-corrected chi connectivity index (χ3v) is 19.5. The van der Waals surface area contributed by atoms with E-state index < -0.39 is 83.0 Å². The van der Waals surface area contributed by atoms with E-state index in [0.29, 0.717) is 69.1 Å². The quantitative estimate of drug-likeness (QED) is 0.131. The van der Waals surface area contributed by atoms with E-state index in [1.807, 2.05) is 26.8 Å². The average Bonchev–Trinajstić information content (AvgIpc) is 4.23. The van der Waals surface area contributed by atoms with Crippen molar-refractivity contribution in [2.24, 2.45) is 28.6 Å². The molecular formula is C51H72N4O11S2. The van der Waals surface area contributed by atoms with Crippen LogP contribution in [0, 0.1) is 28.6 Å². The molecule has 68 heavy (non-hydrogen) atoms. The zero-order chi connectivity index (χ0) is 49.0. The molecule has 374 valence electrons. The van der Waals surface area contributed by atoms with E-state index in [4.69, 9.17) is 19.2 Å². The van der Waals surface area contributed by atoms with Crippen LogP contribution in [0.2, 0.25) is 0 Å². The van der Waals surface area contributed by atoms with Crippen LogP contribution in [0.5, 0.6) is 11.6 Å². The fraction of sp³-hybridized carbons (Fsp3) is 0.706. The lowest BCUT2D eigenvalue weighted by atomic mass is 9.77. The number of nitrogens with zero attached hydrogens (tertiary/aromatic N) is 3. The van der Waals surface area contributed by atoms with Crippen molar-refractivity contribution >= 4 is 54.3 Å². The number of rotatable bonds is 13. The molecule has 1 aromatic heterocycles. The molecule has 0 spiro atoms. The van der Waals surface area contributed by atoms with Crippen molar-refractivity contribution in [3.63, 3.8) is 0 Å². The number of carbonyl (C=O) groups excluding carboxylic acids is 4. The molecule has 17 heteroatoms. The normalized spacial score (nSPS) is 29.7. The summed E-state index contributed by atoms with van der Waals surface area (Å²) in [5, 5.41) is 0.845. The number of ketones is 1. The molecule has 15 nitrogen and oxygen atoms in total. The van der Waals surface area contributed by atoms with Gasteiger partial charge in [0.2, 0.25) is 27.7 Å². The highest BCUT2D eigenvalue weighted by atomic mass is 32.2. The van der Waals surface area contributed by atoms with Gasteiger partial charge in [-0.05, 0) is 99.2 Å². The lowest BCUT2D eigenvalue weighted by molar-refractivity contribution is -0.154. The van der Waals surface area contributed by atoms with Gasteiger partial charge < -0.3 is 24.0 Å². The molecule has 3 aliphatic heterocycles. The van der Waals surface area contributed by atoms with Gasteiger partial charge in [0.05, 0.1) is 64.3 Å². The van der Waals surface area contributed by atoms with Gasteiger partial charge in [0, 0.05) is 37.9 Å². The maximum absolute atomic E-state index is 15.1. The molecule has 0 unspecified atom stereocenters. The Morgan fingerprint density at radius 1 is 1.07 bits per heavy atom. The lowest BCUT2D eigenvalue weighted by Crippen LogP contribution is -2.49. The number of sulfonamides is 1. The summed E-state index contributed by atoms with van der Waals surface area (Å²) in [6.07, 6.45) is 6.99. The average molecular weight is 981 g/mol. The number of aromatic nitrogens is 1. The number of Topliss-reactive ketones (excluding diaryl/α,β-unsaturated/α-hetero) is 1. The number of fused-ring (bicyclic) bond motifs is 5. The highest BCUT2D eigenvalue weighted by Crippen LogP contribution is 2.57. The van der Waals surface area contributed by atoms with Crippen LogP contribution in [-0.2, 0) is 50.2 Å². The van der Waals surface area contributed by atoms with Crippen LogP contribution >= 0.6 is 0 Å². The van der Waals surface area contributed by atoms with Crippen molar-refractivity contribution in [3.05, 3.63) is 42.0 Å². The number of hydrogen-bond acceptors (Lipinski definition) is 13. The fourth-order valence-electron chi connectivity index (χ4n) is 10.4. The van der Waals surface area contributed by atoms with E-state index in [2.05, 4.69) is 42.2 Å². The fourth-order valence-corrected chi connectivity index (χ4v) is 13.1. The summed E-state index contributed by atoms with van der Waals surface area (Å²) in [7, 11) is -7.00. The molecule has 8 rings (SSSR count). The smallest absolute Gasteiger partial charge is 0.306 e. The van der Waals surface area contributed by atoms with E-state index in [-0.39, 0.29) is 61.7 Å². The summed E-state index contributed by atoms with van der Waals surface area (Å²) < 4.78 is 71.7. The Morgan fingerprint density at radius 3 is 2.47 bits per heavy atom.